The molecule has 1 aromatic heterocycles. The van der Waals surface area contributed by atoms with E-state index in [0.717, 1.165) is 47.7 Å². The number of aryl methyl sites for hydroxylation is 1. The Morgan fingerprint density at radius 2 is 2.25 bits per heavy atom. The lowest BCUT2D eigenvalue weighted by Gasteiger charge is -2.29. The Balaban J connectivity index is 1.86. The summed E-state index contributed by atoms with van der Waals surface area (Å²) in [5.41, 5.74) is 8.23. The Morgan fingerprint density at radius 3 is 3.00 bits per heavy atom. The molecule has 0 aliphatic carbocycles. The van der Waals surface area contributed by atoms with Gasteiger partial charge in [-0.05, 0) is 43.5 Å². The van der Waals surface area contributed by atoms with Crippen LogP contribution >= 0.6 is 15.9 Å². The Morgan fingerprint density at radius 1 is 1.40 bits per heavy atom. The summed E-state index contributed by atoms with van der Waals surface area (Å²) in [6.45, 7) is 3.87. The van der Waals surface area contributed by atoms with E-state index in [-0.39, 0.29) is 6.04 Å². The third-order valence-electron chi connectivity index (χ3n) is 3.53. The van der Waals surface area contributed by atoms with Crippen molar-refractivity contribution in [3.63, 3.8) is 0 Å². The number of halogens is 1. The molecule has 0 saturated carbocycles. The minimum absolute atomic E-state index is 0.221. The van der Waals surface area contributed by atoms with E-state index in [0.29, 0.717) is 0 Å². The van der Waals surface area contributed by atoms with Crippen LogP contribution in [0, 0.1) is 6.92 Å². The van der Waals surface area contributed by atoms with Gasteiger partial charge in [-0.25, -0.2) is 0 Å². The van der Waals surface area contributed by atoms with Crippen molar-refractivity contribution in [2.45, 2.75) is 25.8 Å². The number of aromatic nitrogens is 3. The second kappa shape index (κ2) is 5.54. The number of rotatable bonds is 2. The number of anilines is 1. The fourth-order valence-electron chi connectivity index (χ4n) is 2.59. The van der Waals surface area contributed by atoms with Crippen molar-refractivity contribution in [1.82, 2.24) is 15.2 Å². The normalized spacial score (nSPS) is 19.4. The maximum atomic E-state index is 6.01. The minimum atomic E-state index is 0.221. The lowest BCUT2D eigenvalue weighted by atomic mass is 10.1. The molecule has 106 valence electrons. The van der Waals surface area contributed by atoms with Crippen LogP contribution in [-0.4, -0.2) is 34.3 Å². The number of H-pyrrole nitrogens is 1. The molecule has 20 heavy (non-hydrogen) atoms. The van der Waals surface area contributed by atoms with Crippen molar-refractivity contribution < 1.29 is 0 Å². The van der Waals surface area contributed by atoms with Gasteiger partial charge in [-0.1, -0.05) is 15.9 Å². The summed E-state index contributed by atoms with van der Waals surface area (Å²) in [5, 5.41) is 7.35. The van der Waals surface area contributed by atoms with Crippen molar-refractivity contribution in [3.05, 3.63) is 28.2 Å². The van der Waals surface area contributed by atoms with Crippen LogP contribution < -0.4 is 10.6 Å². The van der Waals surface area contributed by atoms with Crippen LogP contribution in [-0.2, 0) is 0 Å². The number of aromatic amines is 1. The summed E-state index contributed by atoms with van der Waals surface area (Å²) < 4.78 is 1.05. The molecule has 5 nitrogen and oxygen atoms in total. The SMILES string of the molecule is Cc1cc(Br)cc(-c2nc(N3CCCC(N)C3)n[nH]2)c1. The van der Waals surface area contributed by atoms with Crippen LogP contribution in [0.3, 0.4) is 0 Å². The van der Waals surface area contributed by atoms with Gasteiger partial charge in [0.1, 0.15) is 0 Å². The number of nitrogens with two attached hydrogens (primary N) is 1. The zero-order valence-electron chi connectivity index (χ0n) is 11.4. The lowest BCUT2D eigenvalue weighted by Crippen LogP contribution is -2.43. The molecule has 1 aromatic carbocycles. The highest BCUT2D eigenvalue weighted by Crippen LogP contribution is 2.24. The Labute approximate surface area is 126 Å². The van der Waals surface area contributed by atoms with Gasteiger partial charge in [0.05, 0.1) is 0 Å². The Hall–Kier alpha value is -1.40. The summed E-state index contributed by atoms with van der Waals surface area (Å²) in [4.78, 5) is 6.76. The van der Waals surface area contributed by atoms with E-state index in [2.05, 4.69) is 55.1 Å². The molecule has 1 aliphatic heterocycles. The topological polar surface area (TPSA) is 70.8 Å². The molecule has 0 radical (unpaired) electrons. The molecule has 3 N–H and O–H groups in total. The largest absolute Gasteiger partial charge is 0.338 e. The average molecular weight is 336 g/mol. The van der Waals surface area contributed by atoms with Crippen molar-refractivity contribution >= 4 is 21.9 Å². The predicted octanol–water partition coefficient (Wildman–Crippen LogP) is 2.47. The molecule has 1 fully saturated rings. The van der Waals surface area contributed by atoms with E-state index in [1.165, 1.54) is 5.56 Å². The van der Waals surface area contributed by atoms with Gasteiger partial charge in [0.25, 0.3) is 0 Å². The van der Waals surface area contributed by atoms with Gasteiger partial charge in [0, 0.05) is 29.2 Å². The number of nitrogens with zero attached hydrogens (tertiary/aromatic N) is 3. The quantitative estimate of drug-likeness (QED) is 0.884. The highest BCUT2D eigenvalue weighted by atomic mass is 79.9. The smallest absolute Gasteiger partial charge is 0.245 e. The van der Waals surface area contributed by atoms with Gasteiger partial charge < -0.3 is 10.6 Å². The second-order valence-corrected chi connectivity index (χ2v) is 6.27. The highest BCUT2D eigenvalue weighted by Gasteiger charge is 2.20. The van der Waals surface area contributed by atoms with Crippen LogP contribution in [0.4, 0.5) is 5.95 Å². The highest BCUT2D eigenvalue weighted by molar-refractivity contribution is 9.10. The van der Waals surface area contributed by atoms with E-state index in [9.17, 15) is 0 Å². The molecule has 1 saturated heterocycles. The molecule has 2 heterocycles. The number of hydrogen-bond donors (Lipinski definition) is 2. The summed E-state index contributed by atoms with van der Waals surface area (Å²) in [6, 6.07) is 6.43. The van der Waals surface area contributed by atoms with E-state index in [4.69, 9.17) is 5.73 Å². The van der Waals surface area contributed by atoms with Crippen LogP contribution in [0.25, 0.3) is 11.4 Å². The van der Waals surface area contributed by atoms with Crippen LogP contribution in [0.5, 0.6) is 0 Å². The van der Waals surface area contributed by atoms with Gasteiger partial charge in [0.15, 0.2) is 5.82 Å². The fourth-order valence-corrected chi connectivity index (χ4v) is 3.20. The summed E-state index contributed by atoms with van der Waals surface area (Å²) >= 11 is 3.51. The van der Waals surface area contributed by atoms with Crippen LogP contribution in [0.15, 0.2) is 22.7 Å². The number of hydrogen-bond acceptors (Lipinski definition) is 4. The van der Waals surface area contributed by atoms with E-state index in [1.54, 1.807) is 0 Å². The molecular formula is C14H18BrN5. The first-order chi connectivity index (χ1) is 9.61. The van der Waals surface area contributed by atoms with Crippen molar-refractivity contribution in [2.24, 2.45) is 5.73 Å². The van der Waals surface area contributed by atoms with Gasteiger partial charge >= 0.3 is 0 Å². The Bertz CT molecular complexity index is 589. The molecule has 0 spiro atoms. The minimum Gasteiger partial charge on any atom is -0.338 e. The molecule has 6 heteroatoms. The van der Waals surface area contributed by atoms with Gasteiger partial charge in [-0.15, -0.1) is 5.10 Å². The first kappa shape index (κ1) is 13.6. The summed E-state index contributed by atoms with van der Waals surface area (Å²) in [6.07, 6.45) is 2.18. The molecule has 1 aliphatic rings. The van der Waals surface area contributed by atoms with Gasteiger partial charge in [-0.2, -0.15) is 4.98 Å². The molecule has 1 unspecified atom stereocenters. The molecule has 1 atom stereocenters. The molecule has 0 bridgehead atoms. The van der Waals surface area contributed by atoms with E-state index in [1.807, 2.05) is 6.07 Å². The van der Waals surface area contributed by atoms with Crippen molar-refractivity contribution in [1.29, 1.82) is 0 Å². The van der Waals surface area contributed by atoms with Crippen LogP contribution in [0.2, 0.25) is 0 Å². The zero-order valence-corrected chi connectivity index (χ0v) is 13.0. The lowest BCUT2D eigenvalue weighted by molar-refractivity contribution is 0.500. The molecule has 0 amide bonds. The van der Waals surface area contributed by atoms with Crippen molar-refractivity contribution in [2.75, 3.05) is 18.0 Å². The summed E-state index contributed by atoms with van der Waals surface area (Å²) in [7, 11) is 0. The molecule has 3 rings (SSSR count). The third-order valence-corrected chi connectivity index (χ3v) is 3.99. The number of nitrogens with one attached hydrogen (secondary N) is 1. The van der Waals surface area contributed by atoms with Crippen molar-refractivity contribution in [3.8, 4) is 11.4 Å². The van der Waals surface area contributed by atoms with E-state index < -0.39 is 0 Å². The predicted molar refractivity (Wildman–Crippen MR) is 83.7 cm³/mol. The standard InChI is InChI=1S/C14H18BrN5/c1-9-5-10(7-11(15)6-9)13-17-14(19-18-13)20-4-2-3-12(16)8-20/h5-7,12H,2-4,8,16H2,1H3,(H,17,18,19). The summed E-state index contributed by atoms with van der Waals surface area (Å²) in [5.74, 6) is 1.54. The first-order valence-corrected chi connectivity index (χ1v) is 7.61. The van der Waals surface area contributed by atoms with Gasteiger partial charge in [0.2, 0.25) is 5.95 Å². The fraction of sp³-hybridized carbons (Fsp3) is 0.429. The number of benzene rings is 1. The van der Waals surface area contributed by atoms with E-state index >= 15 is 0 Å². The number of piperidine rings is 1. The molecular weight excluding hydrogens is 318 g/mol. The maximum absolute atomic E-state index is 6.01. The first-order valence-electron chi connectivity index (χ1n) is 6.82. The van der Waals surface area contributed by atoms with Gasteiger partial charge in [-0.3, -0.25) is 5.10 Å². The average Bonchev–Trinajstić information content (AvgIpc) is 2.87. The van der Waals surface area contributed by atoms with Crippen LogP contribution in [0.1, 0.15) is 18.4 Å². The maximum Gasteiger partial charge on any atom is 0.245 e. The third kappa shape index (κ3) is 2.86. The second-order valence-electron chi connectivity index (χ2n) is 5.35. The zero-order chi connectivity index (χ0) is 14.1. The molecule has 2 aromatic rings. The Kier molecular flexibility index (Phi) is 3.76. The monoisotopic (exact) mass is 335 g/mol.